The fraction of sp³-hybridized carbons (Fsp3) is 0.857. The first-order valence-corrected chi connectivity index (χ1v) is 7.92. The molecule has 0 radical (unpaired) electrons. The van der Waals surface area contributed by atoms with Crippen molar-refractivity contribution in [3.05, 3.63) is 0 Å². The van der Waals surface area contributed by atoms with Gasteiger partial charge in [0, 0.05) is 12.6 Å². The number of piperidine rings is 1. The summed E-state index contributed by atoms with van der Waals surface area (Å²) >= 11 is 5.53. The number of rotatable bonds is 2. The van der Waals surface area contributed by atoms with Gasteiger partial charge in [0.05, 0.1) is 0 Å². The van der Waals surface area contributed by atoms with Crippen LogP contribution in [0, 0.1) is 11.8 Å². The van der Waals surface area contributed by atoms with E-state index in [2.05, 4.69) is 5.32 Å². The molecule has 2 aliphatic carbocycles. The van der Waals surface area contributed by atoms with Crippen LogP contribution >= 0.6 is 12.2 Å². The van der Waals surface area contributed by atoms with Crippen LogP contribution in [0.1, 0.15) is 44.9 Å². The highest BCUT2D eigenvalue weighted by molar-refractivity contribution is 7.80. The Balaban J connectivity index is 1.61. The van der Waals surface area contributed by atoms with Crippen LogP contribution in [0.4, 0.5) is 0 Å². The van der Waals surface area contributed by atoms with Crippen molar-refractivity contribution in [1.29, 1.82) is 0 Å². The van der Waals surface area contributed by atoms with Crippen LogP contribution in [0.3, 0.4) is 0 Å². The number of carbonyl (C=O) groups is 1. The molecule has 0 unspecified atom stereocenters. The molecule has 4 nitrogen and oxygen atoms in total. The van der Waals surface area contributed by atoms with Gasteiger partial charge >= 0.3 is 0 Å². The van der Waals surface area contributed by atoms with E-state index in [1.54, 1.807) is 0 Å². The molecule has 2 bridgehead atoms. The summed E-state index contributed by atoms with van der Waals surface area (Å²) in [6.45, 7) is 0.861. The molecule has 1 aliphatic heterocycles. The molecule has 5 heteroatoms. The number of nitrogens with two attached hydrogens (primary N) is 1. The van der Waals surface area contributed by atoms with Gasteiger partial charge in [0.15, 0.2) is 5.11 Å². The summed E-state index contributed by atoms with van der Waals surface area (Å²) in [6, 6.07) is 0.328. The first kappa shape index (κ1) is 13.2. The van der Waals surface area contributed by atoms with Gasteiger partial charge in [-0.15, -0.1) is 0 Å². The number of hydrogen-bond donors (Lipinski definition) is 2. The highest BCUT2D eigenvalue weighted by atomic mass is 32.1. The van der Waals surface area contributed by atoms with Crippen molar-refractivity contribution in [2.75, 3.05) is 6.54 Å². The van der Waals surface area contributed by atoms with E-state index in [9.17, 15) is 4.79 Å². The minimum atomic E-state index is -0.239. The van der Waals surface area contributed by atoms with E-state index < -0.39 is 0 Å². The molecule has 0 aromatic carbocycles. The number of likely N-dealkylation sites (tertiary alicyclic amines) is 1. The van der Waals surface area contributed by atoms with Gasteiger partial charge in [0.25, 0.3) is 0 Å². The summed E-state index contributed by atoms with van der Waals surface area (Å²) in [5.74, 6) is 1.45. The molecule has 0 aromatic heterocycles. The van der Waals surface area contributed by atoms with Crippen molar-refractivity contribution < 1.29 is 4.79 Å². The molecule has 0 spiro atoms. The summed E-state index contributed by atoms with van der Waals surface area (Å²) in [5, 5.41) is 4.27. The largest absolute Gasteiger partial charge is 0.368 e. The number of thiocarbonyl (C=S) groups is 1. The number of hydrogen-bond acceptors (Lipinski definition) is 2. The third-order valence-electron chi connectivity index (χ3n) is 5.14. The predicted molar refractivity (Wildman–Crippen MR) is 78.5 cm³/mol. The van der Waals surface area contributed by atoms with Gasteiger partial charge in [-0.25, -0.2) is 0 Å². The Morgan fingerprint density at radius 3 is 2.68 bits per heavy atom. The number of nitrogens with one attached hydrogen (secondary N) is 1. The molecule has 19 heavy (non-hydrogen) atoms. The third kappa shape index (κ3) is 2.57. The lowest BCUT2D eigenvalue weighted by Gasteiger charge is -2.37. The minimum Gasteiger partial charge on any atom is -0.368 e. The normalized spacial score (nSPS) is 37.4. The standard InChI is InChI=1S/C14H23N3OS/c15-13(18)12-3-1-2-6-17(12)14(19)16-11-8-9-4-5-10(11)7-9/h9-12H,1-8H2,(H2,15,18)(H,16,19)/t9-,10-,11+,12+/m0/s1. The van der Waals surface area contributed by atoms with Crippen LogP contribution in [0.2, 0.25) is 0 Å². The van der Waals surface area contributed by atoms with E-state index in [0.717, 1.165) is 42.8 Å². The molecular formula is C14H23N3OS. The van der Waals surface area contributed by atoms with Gasteiger partial charge in [-0.1, -0.05) is 6.42 Å². The molecule has 1 heterocycles. The van der Waals surface area contributed by atoms with Crippen LogP contribution in [-0.2, 0) is 4.79 Å². The van der Waals surface area contributed by atoms with Gasteiger partial charge in [0.2, 0.25) is 5.91 Å². The van der Waals surface area contributed by atoms with Gasteiger partial charge in [0.1, 0.15) is 6.04 Å². The first-order valence-electron chi connectivity index (χ1n) is 7.51. The number of nitrogens with zero attached hydrogens (tertiary/aromatic N) is 1. The molecule has 106 valence electrons. The Morgan fingerprint density at radius 2 is 2.05 bits per heavy atom. The van der Waals surface area contributed by atoms with Gasteiger partial charge < -0.3 is 16.0 Å². The van der Waals surface area contributed by atoms with Crippen molar-refractivity contribution in [3.63, 3.8) is 0 Å². The number of amides is 1. The average Bonchev–Trinajstić information content (AvgIpc) is 3.01. The number of primary amides is 1. The van der Waals surface area contributed by atoms with Crippen molar-refractivity contribution in [3.8, 4) is 0 Å². The highest BCUT2D eigenvalue weighted by Gasteiger charge is 2.40. The second-order valence-corrected chi connectivity index (χ2v) is 6.72. The Labute approximate surface area is 120 Å². The van der Waals surface area contributed by atoms with Crippen LogP contribution in [0.5, 0.6) is 0 Å². The van der Waals surface area contributed by atoms with Gasteiger partial charge in [-0.2, -0.15) is 0 Å². The van der Waals surface area contributed by atoms with Crippen LogP contribution in [0.15, 0.2) is 0 Å². The maximum Gasteiger partial charge on any atom is 0.240 e. The topological polar surface area (TPSA) is 58.4 Å². The zero-order chi connectivity index (χ0) is 13.4. The van der Waals surface area contributed by atoms with Crippen molar-refractivity contribution in [1.82, 2.24) is 10.2 Å². The van der Waals surface area contributed by atoms with E-state index in [1.807, 2.05) is 4.90 Å². The molecule has 3 rings (SSSR count). The molecule has 4 atom stereocenters. The zero-order valence-electron chi connectivity index (χ0n) is 11.3. The molecule has 3 aliphatic rings. The number of fused-ring (bicyclic) bond motifs is 2. The SMILES string of the molecule is NC(=O)[C@H]1CCCCN1C(=S)N[C@@H]1C[C@H]2CC[C@H]1C2. The monoisotopic (exact) mass is 281 g/mol. The summed E-state index contributed by atoms with van der Waals surface area (Å²) in [5.41, 5.74) is 5.50. The maximum atomic E-state index is 11.5. The summed E-state index contributed by atoms with van der Waals surface area (Å²) in [7, 11) is 0. The average molecular weight is 281 g/mol. The molecule has 2 saturated carbocycles. The third-order valence-corrected chi connectivity index (χ3v) is 5.49. The first-order chi connectivity index (χ1) is 9.15. The minimum absolute atomic E-state index is 0.202. The maximum absolute atomic E-state index is 11.5. The van der Waals surface area contributed by atoms with Crippen LogP contribution < -0.4 is 11.1 Å². The van der Waals surface area contributed by atoms with E-state index in [0.29, 0.717) is 6.04 Å². The van der Waals surface area contributed by atoms with Crippen molar-refractivity contribution in [2.24, 2.45) is 17.6 Å². The Kier molecular flexibility index (Phi) is 3.65. The van der Waals surface area contributed by atoms with E-state index in [4.69, 9.17) is 18.0 Å². The number of carbonyl (C=O) groups excluding carboxylic acids is 1. The zero-order valence-corrected chi connectivity index (χ0v) is 12.1. The Bertz CT molecular complexity index is 387. The van der Waals surface area contributed by atoms with Gasteiger partial charge in [-0.05, 0) is 62.6 Å². The van der Waals surface area contributed by atoms with E-state index in [-0.39, 0.29) is 11.9 Å². The van der Waals surface area contributed by atoms with Gasteiger partial charge in [-0.3, -0.25) is 4.79 Å². The van der Waals surface area contributed by atoms with Crippen LogP contribution in [0.25, 0.3) is 0 Å². The summed E-state index contributed by atoms with van der Waals surface area (Å²) in [6.07, 6.45) is 8.35. The lowest BCUT2D eigenvalue weighted by atomic mass is 9.95. The molecule has 3 fully saturated rings. The summed E-state index contributed by atoms with van der Waals surface area (Å²) < 4.78 is 0. The fourth-order valence-electron chi connectivity index (χ4n) is 4.13. The second-order valence-electron chi connectivity index (χ2n) is 6.34. The molecule has 0 aromatic rings. The Morgan fingerprint density at radius 1 is 1.21 bits per heavy atom. The smallest absolute Gasteiger partial charge is 0.240 e. The predicted octanol–water partition coefficient (Wildman–Crippen LogP) is 1.39. The van der Waals surface area contributed by atoms with Crippen molar-refractivity contribution >= 4 is 23.2 Å². The molecule has 1 amide bonds. The van der Waals surface area contributed by atoms with E-state index in [1.165, 1.54) is 25.7 Å². The lowest BCUT2D eigenvalue weighted by Crippen LogP contribution is -2.55. The van der Waals surface area contributed by atoms with Crippen LogP contribution in [-0.4, -0.2) is 34.5 Å². The fourth-order valence-corrected chi connectivity index (χ4v) is 4.50. The summed E-state index contributed by atoms with van der Waals surface area (Å²) in [4.78, 5) is 13.5. The highest BCUT2D eigenvalue weighted by Crippen LogP contribution is 2.44. The molecule has 3 N–H and O–H groups in total. The lowest BCUT2D eigenvalue weighted by molar-refractivity contribution is -0.122. The molecule has 1 saturated heterocycles. The van der Waals surface area contributed by atoms with Crippen molar-refractivity contribution in [2.45, 2.75) is 57.0 Å². The quantitative estimate of drug-likeness (QED) is 0.751. The Hall–Kier alpha value is -0.840. The second kappa shape index (κ2) is 5.27. The van der Waals surface area contributed by atoms with E-state index >= 15 is 0 Å². The molecular weight excluding hydrogens is 258 g/mol.